The minimum absolute atomic E-state index is 0.00246. The van der Waals surface area contributed by atoms with Gasteiger partial charge in [0.25, 0.3) is 0 Å². The first-order chi connectivity index (χ1) is 9.49. The maximum Gasteiger partial charge on any atom is 0.223 e. The van der Waals surface area contributed by atoms with Gasteiger partial charge >= 0.3 is 0 Å². The molecule has 0 saturated heterocycles. The summed E-state index contributed by atoms with van der Waals surface area (Å²) in [5, 5.41) is 13.2. The van der Waals surface area contributed by atoms with Gasteiger partial charge < -0.3 is 15.2 Å². The fraction of sp³-hybridized carbons (Fsp3) is 0.500. The minimum Gasteiger partial charge on any atom is -0.489 e. The largest absolute Gasteiger partial charge is 0.489 e. The van der Waals surface area contributed by atoms with E-state index in [1.807, 2.05) is 6.92 Å². The molecule has 0 unspecified atom stereocenters. The minimum atomic E-state index is -0.789. The molecule has 6 heteroatoms. The lowest BCUT2D eigenvalue weighted by Gasteiger charge is -2.14. The summed E-state index contributed by atoms with van der Waals surface area (Å²) in [6.07, 6.45) is 0.138. The number of carbonyl (C=O) groups is 1. The van der Waals surface area contributed by atoms with Crippen molar-refractivity contribution in [3.8, 4) is 5.75 Å². The molecule has 2 rings (SSSR count). The van der Waals surface area contributed by atoms with Gasteiger partial charge in [0.15, 0.2) is 0 Å². The number of carbonyl (C=O) groups excluding carboxylic acids is 1. The van der Waals surface area contributed by atoms with Gasteiger partial charge in [-0.15, -0.1) is 0 Å². The molecule has 0 bridgehead atoms. The first-order valence-corrected chi connectivity index (χ1v) is 7.27. The highest BCUT2D eigenvalue weighted by Crippen LogP contribution is 2.37. The molecule has 1 aliphatic carbocycles. The third-order valence-corrected chi connectivity index (χ3v) is 4.11. The van der Waals surface area contributed by atoms with Crippen LogP contribution in [0.1, 0.15) is 13.3 Å². The van der Waals surface area contributed by atoms with Crippen LogP contribution in [0.25, 0.3) is 0 Å². The zero-order valence-electron chi connectivity index (χ0n) is 11.1. The van der Waals surface area contributed by atoms with Crippen LogP contribution in [0.2, 0.25) is 10.0 Å². The van der Waals surface area contributed by atoms with Crippen molar-refractivity contribution in [3.63, 3.8) is 0 Å². The SMILES string of the molecule is C[C@@H]1C[C@H]1C(=O)NC[C@H](O)COc1cccc(Cl)c1Cl. The molecule has 0 aromatic heterocycles. The highest BCUT2D eigenvalue weighted by Gasteiger charge is 2.38. The Labute approximate surface area is 128 Å². The molecular weight excluding hydrogens is 301 g/mol. The molecule has 110 valence electrons. The molecule has 2 N–H and O–H groups in total. The summed E-state index contributed by atoms with van der Waals surface area (Å²) in [4.78, 5) is 11.6. The van der Waals surface area contributed by atoms with E-state index < -0.39 is 6.10 Å². The van der Waals surface area contributed by atoms with Gasteiger partial charge in [0.05, 0.1) is 5.02 Å². The zero-order chi connectivity index (χ0) is 14.7. The maximum absolute atomic E-state index is 11.6. The van der Waals surface area contributed by atoms with Crippen LogP contribution in [0.4, 0.5) is 0 Å². The van der Waals surface area contributed by atoms with E-state index in [-0.39, 0.29) is 25.0 Å². The highest BCUT2D eigenvalue weighted by molar-refractivity contribution is 6.42. The van der Waals surface area contributed by atoms with Crippen molar-refractivity contribution in [1.29, 1.82) is 0 Å². The second-order valence-electron chi connectivity index (χ2n) is 5.08. The Morgan fingerprint density at radius 3 is 2.90 bits per heavy atom. The van der Waals surface area contributed by atoms with E-state index in [2.05, 4.69) is 5.32 Å². The summed E-state index contributed by atoms with van der Waals surface area (Å²) in [6.45, 7) is 2.24. The Kier molecular flexibility index (Phi) is 5.13. The molecule has 1 aromatic rings. The van der Waals surface area contributed by atoms with Crippen molar-refractivity contribution in [2.24, 2.45) is 11.8 Å². The predicted octanol–water partition coefficient (Wildman–Crippen LogP) is 2.51. The Morgan fingerprint density at radius 2 is 2.25 bits per heavy atom. The summed E-state index contributed by atoms with van der Waals surface area (Å²) in [5.74, 6) is 0.969. The first kappa shape index (κ1) is 15.4. The lowest BCUT2D eigenvalue weighted by Crippen LogP contribution is -2.36. The maximum atomic E-state index is 11.6. The van der Waals surface area contributed by atoms with E-state index in [4.69, 9.17) is 27.9 Å². The standard InChI is InChI=1S/C14H17Cl2NO3/c1-8-5-10(8)14(19)17-6-9(18)7-20-12-4-2-3-11(15)13(12)16/h2-4,8-10,18H,5-7H2,1H3,(H,17,19)/t8-,9+,10-/m1/s1. The second-order valence-corrected chi connectivity index (χ2v) is 5.87. The first-order valence-electron chi connectivity index (χ1n) is 6.51. The average Bonchev–Trinajstić information content (AvgIpc) is 3.15. The molecule has 0 heterocycles. The molecule has 0 spiro atoms. The number of hydrogen-bond acceptors (Lipinski definition) is 3. The molecular formula is C14H17Cl2NO3. The molecule has 1 fully saturated rings. The van der Waals surface area contributed by atoms with E-state index >= 15 is 0 Å². The van der Waals surface area contributed by atoms with Crippen LogP contribution in [0.5, 0.6) is 5.75 Å². The Hall–Kier alpha value is -0.970. The molecule has 0 aliphatic heterocycles. The van der Waals surface area contributed by atoms with E-state index in [1.165, 1.54) is 0 Å². The van der Waals surface area contributed by atoms with E-state index in [0.29, 0.717) is 21.7 Å². The van der Waals surface area contributed by atoms with Gasteiger partial charge in [-0.05, 0) is 24.5 Å². The van der Waals surface area contributed by atoms with Gasteiger partial charge in [-0.3, -0.25) is 4.79 Å². The fourth-order valence-corrected chi connectivity index (χ4v) is 2.22. The zero-order valence-corrected chi connectivity index (χ0v) is 12.6. The fourth-order valence-electron chi connectivity index (χ4n) is 1.88. The molecule has 1 saturated carbocycles. The smallest absolute Gasteiger partial charge is 0.223 e. The van der Waals surface area contributed by atoms with Crippen LogP contribution in [0, 0.1) is 11.8 Å². The number of aliphatic hydroxyl groups excluding tert-OH is 1. The van der Waals surface area contributed by atoms with Crippen LogP contribution < -0.4 is 10.1 Å². The van der Waals surface area contributed by atoms with Crippen molar-refractivity contribution < 1.29 is 14.6 Å². The number of rotatable bonds is 6. The van der Waals surface area contributed by atoms with Crippen molar-refractivity contribution in [3.05, 3.63) is 28.2 Å². The number of nitrogens with one attached hydrogen (secondary N) is 1. The average molecular weight is 318 g/mol. The molecule has 20 heavy (non-hydrogen) atoms. The predicted molar refractivity (Wildman–Crippen MR) is 78.2 cm³/mol. The van der Waals surface area contributed by atoms with E-state index in [9.17, 15) is 9.90 Å². The molecule has 1 amide bonds. The number of ether oxygens (including phenoxy) is 1. The Morgan fingerprint density at radius 1 is 1.55 bits per heavy atom. The van der Waals surface area contributed by atoms with Crippen LogP contribution >= 0.6 is 23.2 Å². The van der Waals surface area contributed by atoms with Crippen molar-refractivity contribution in [1.82, 2.24) is 5.32 Å². The van der Waals surface area contributed by atoms with Crippen molar-refractivity contribution >= 4 is 29.1 Å². The molecule has 1 aliphatic rings. The van der Waals surface area contributed by atoms with Crippen molar-refractivity contribution in [2.75, 3.05) is 13.2 Å². The lowest BCUT2D eigenvalue weighted by atomic mass is 10.3. The van der Waals surface area contributed by atoms with Gasteiger partial charge in [-0.25, -0.2) is 0 Å². The summed E-state index contributed by atoms with van der Waals surface area (Å²) < 4.78 is 5.39. The molecule has 1 aromatic carbocycles. The van der Waals surface area contributed by atoms with Gasteiger partial charge in [0.1, 0.15) is 23.5 Å². The Balaban J connectivity index is 1.73. The number of benzene rings is 1. The van der Waals surface area contributed by atoms with Gasteiger partial charge in [0, 0.05) is 12.5 Å². The number of amides is 1. The monoisotopic (exact) mass is 317 g/mol. The van der Waals surface area contributed by atoms with E-state index in [0.717, 1.165) is 6.42 Å². The van der Waals surface area contributed by atoms with Gasteiger partial charge in [-0.1, -0.05) is 36.2 Å². The summed E-state index contributed by atoms with van der Waals surface area (Å²) in [5.41, 5.74) is 0. The van der Waals surface area contributed by atoms with Crippen LogP contribution in [0.15, 0.2) is 18.2 Å². The number of aliphatic hydroxyl groups is 1. The quantitative estimate of drug-likeness (QED) is 0.847. The molecule has 3 atom stereocenters. The van der Waals surface area contributed by atoms with Crippen LogP contribution in [-0.4, -0.2) is 30.3 Å². The normalized spacial score (nSPS) is 22.2. The number of hydrogen-bond donors (Lipinski definition) is 2. The summed E-state index contributed by atoms with van der Waals surface area (Å²) >= 11 is 11.8. The van der Waals surface area contributed by atoms with Gasteiger partial charge in [-0.2, -0.15) is 0 Å². The third kappa shape index (κ3) is 4.01. The summed E-state index contributed by atoms with van der Waals surface area (Å²) in [6, 6.07) is 5.04. The molecule has 0 radical (unpaired) electrons. The second kappa shape index (κ2) is 6.66. The lowest BCUT2D eigenvalue weighted by molar-refractivity contribution is -0.123. The topological polar surface area (TPSA) is 58.6 Å². The van der Waals surface area contributed by atoms with Crippen LogP contribution in [-0.2, 0) is 4.79 Å². The van der Waals surface area contributed by atoms with Crippen LogP contribution in [0.3, 0.4) is 0 Å². The summed E-state index contributed by atoms with van der Waals surface area (Å²) in [7, 11) is 0. The van der Waals surface area contributed by atoms with E-state index in [1.54, 1.807) is 18.2 Å². The molecule has 4 nitrogen and oxygen atoms in total. The Bertz CT molecular complexity index is 495. The number of halogens is 2. The van der Waals surface area contributed by atoms with Gasteiger partial charge in [0.2, 0.25) is 5.91 Å². The third-order valence-electron chi connectivity index (χ3n) is 3.31. The highest BCUT2D eigenvalue weighted by atomic mass is 35.5. The van der Waals surface area contributed by atoms with Crippen molar-refractivity contribution in [2.45, 2.75) is 19.4 Å².